The molecule has 4 heteroatoms. The molecular weight excluding hydrogens is 178 g/mol. The molecule has 3 atom stereocenters. The number of nitrogens with one attached hydrogen (secondary N) is 1. The maximum absolute atomic E-state index is 10.0. The summed E-state index contributed by atoms with van der Waals surface area (Å²) in [5, 5.41) is 20.2. The van der Waals surface area contributed by atoms with E-state index in [1.807, 2.05) is 0 Å². The molecule has 78 valence electrons. The van der Waals surface area contributed by atoms with Gasteiger partial charge in [0.25, 0.3) is 0 Å². The normalized spacial score (nSPS) is 30.1. The highest BCUT2D eigenvalue weighted by atomic mass is 16.3. The fraction of sp³-hybridized carbons (Fsp3) is 0.800. The molecule has 1 fully saturated rings. The van der Waals surface area contributed by atoms with E-state index in [2.05, 4.69) is 22.3 Å². The molecule has 1 aliphatic rings. The quantitative estimate of drug-likeness (QED) is 0.754. The van der Waals surface area contributed by atoms with Crippen LogP contribution >= 0.6 is 0 Å². The Morgan fingerprint density at radius 2 is 2.43 bits per heavy atom. The molecule has 1 aliphatic carbocycles. The van der Waals surface area contributed by atoms with Crippen molar-refractivity contribution < 1.29 is 5.11 Å². The van der Waals surface area contributed by atoms with E-state index in [1.165, 1.54) is 12.8 Å². The Kier molecular flexibility index (Phi) is 2.82. The first-order valence-corrected chi connectivity index (χ1v) is 5.31. The van der Waals surface area contributed by atoms with Crippen LogP contribution in [0.1, 0.15) is 44.4 Å². The molecule has 0 aromatic carbocycles. The summed E-state index contributed by atoms with van der Waals surface area (Å²) in [5.74, 6) is 1.10. The number of nitrogens with zero attached hydrogens (tertiary/aromatic N) is 2. The molecule has 1 heterocycles. The second kappa shape index (κ2) is 4.09. The summed E-state index contributed by atoms with van der Waals surface area (Å²) in [6, 6.07) is 0. The van der Waals surface area contributed by atoms with Gasteiger partial charge in [-0.2, -0.15) is 15.4 Å². The molecule has 2 rings (SSSR count). The van der Waals surface area contributed by atoms with Crippen LogP contribution in [0, 0.1) is 11.8 Å². The molecule has 2 N–H and O–H groups in total. The molecule has 0 aliphatic heterocycles. The van der Waals surface area contributed by atoms with Crippen LogP contribution in [0.25, 0.3) is 0 Å². The summed E-state index contributed by atoms with van der Waals surface area (Å²) in [4.78, 5) is 0. The van der Waals surface area contributed by atoms with Crippen LogP contribution in [-0.4, -0.2) is 20.5 Å². The summed E-state index contributed by atoms with van der Waals surface area (Å²) in [6.45, 7) is 2.25. The van der Waals surface area contributed by atoms with Crippen LogP contribution in [0.15, 0.2) is 6.20 Å². The van der Waals surface area contributed by atoms with Gasteiger partial charge in [0.15, 0.2) is 0 Å². The molecule has 0 amide bonds. The lowest BCUT2D eigenvalue weighted by atomic mass is 9.79. The van der Waals surface area contributed by atoms with Gasteiger partial charge in [0.1, 0.15) is 11.8 Å². The highest BCUT2D eigenvalue weighted by Crippen LogP contribution is 2.36. The Bertz CT molecular complexity index is 273. The standard InChI is InChI=1S/C10H17N3O/c1-7-3-2-4-8(5-7)10(14)9-6-11-13-12-9/h6-8,10,14H,2-5H2,1H3,(H,11,12,13). The lowest BCUT2D eigenvalue weighted by molar-refractivity contribution is 0.0680. The molecule has 14 heavy (non-hydrogen) atoms. The van der Waals surface area contributed by atoms with Gasteiger partial charge in [0.05, 0.1) is 6.20 Å². The van der Waals surface area contributed by atoms with Gasteiger partial charge < -0.3 is 5.11 Å². The first kappa shape index (κ1) is 9.65. The van der Waals surface area contributed by atoms with Gasteiger partial charge in [-0.15, -0.1) is 0 Å². The third-order valence-corrected chi connectivity index (χ3v) is 3.16. The van der Waals surface area contributed by atoms with Crippen molar-refractivity contribution in [3.8, 4) is 0 Å². The fourth-order valence-corrected chi connectivity index (χ4v) is 2.36. The van der Waals surface area contributed by atoms with Crippen molar-refractivity contribution in [1.82, 2.24) is 15.4 Å². The average molecular weight is 195 g/mol. The van der Waals surface area contributed by atoms with Crippen molar-refractivity contribution in [3.05, 3.63) is 11.9 Å². The summed E-state index contributed by atoms with van der Waals surface area (Å²) < 4.78 is 0. The van der Waals surface area contributed by atoms with Crippen molar-refractivity contribution >= 4 is 0 Å². The number of aromatic amines is 1. The topological polar surface area (TPSA) is 61.8 Å². The van der Waals surface area contributed by atoms with E-state index in [1.54, 1.807) is 6.20 Å². The van der Waals surface area contributed by atoms with Crippen molar-refractivity contribution in [2.45, 2.75) is 38.7 Å². The van der Waals surface area contributed by atoms with E-state index in [9.17, 15) is 5.11 Å². The minimum atomic E-state index is -0.434. The van der Waals surface area contributed by atoms with E-state index in [4.69, 9.17) is 0 Å². The summed E-state index contributed by atoms with van der Waals surface area (Å²) in [5.41, 5.74) is 0.684. The van der Waals surface area contributed by atoms with Gasteiger partial charge >= 0.3 is 0 Å². The largest absolute Gasteiger partial charge is 0.386 e. The van der Waals surface area contributed by atoms with E-state index >= 15 is 0 Å². The SMILES string of the molecule is CC1CCCC(C(O)c2cn[nH]n2)C1. The lowest BCUT2D eigenvalue weighted by Crippen LogP contribution is -2.20. The van der Waals surface area contributed by atoms with Gasteiger partial charge in [0, 0.05) is 0 Å². The zero-order valence-electron chi connectivity index (χ0n) is 8.48. The van der Waals surface area contributed by atoms with Gasteiger partial charge in [-0.3, -0.25) is 0 Å². The maximum atomic E-state index is 10.0. The molecule has 1 aromatic heterocycles. The molecule has 1 saturated carbocycles. The smallest absolute Gasteiger partial charge is 0.111 e. The molecule has 0 bridgehead atoms. The highest BCUT2D eigenvalue weighted by Gasteiger charge is 2.27. The number of aromatic nitrogens is 3. The fourth-order valence-electron chi connectivity index (χ4n) is 2.36. The molecule has 4 nitrogen and oxygen atoms in total. The highest BCUT2D eigenvalue weighted by molar-refractivity contribution is 4.98. The van der Waals surface area contributed by atoms with Crippen LogP contribution < -0.4 is 0 Å². The van der Waals surface area contributed by atoms with E-state index in [0.717, 1.165) is 18.8 Å². The van der Waals surface area contributed by atoms with Crippen LogP contribution in [0.5, 0.6) is 0 Å². The van der Waals surface area contributed by atoms with Gasteiger partial charge in [0.2, 0.25) is 0 Å². The predicted octanol–water partition coefficient (Wildman–Crippen LogP) is 1.66. The maximum Gasteiger partial charge on any atom is 0.111 e. The molecule has 3 unspecified atom stereocenters. The Labute approximate surface area is 83.7 Å². The summed E-state index contributed by atoms with van der Waals surface area (Å²) in [6.07, 6.45) is 5.91. The van der Waals surface area contributed by atoms with Crippen molar-refractivity contribution in [2.75, 3.05) is 0 Å². The number of hydrogen-bond acceptors (Lipinski definition) is 3. The number of rotatable bonds is 2. The second-order valence-corrected chi connectivity index (χ2v) is 4.37. The number of aliphatic hydroxyl groups excluding tert-OH is 1. The number of hydrogen-bond donors (Lipinski definition) is 2. The Morgan fingerprint density at radius 3 is 3.07 bits per heavy atom. The first-order valence-electron chi connectivity index (χ1n) is 5.31. The Balaban J connectivity index is 2.00. The predicted molar refractivity (Wildman–Crippen MR) is 52.5 cm³/mol. The minimum absolute atomic E-state index is 0.365. The molecule has 0 saturated heterocycles. The molecular formula is C10H17N3O. The van der Waals surface area contributed by atoms with Crippen LogP contribution in [0.2, 0.25) is 0 Å². The Hall–Kier alpha value is -0.900. The van der Waals surface area contributed by atoms with Gasteiger partial charge in [-0.05, 0) is 24.7 Å². The average Bonchev–Trinajstić information content (AvgIpc) is 2.69. The van der Waals surface area contributed by atoms with Crippen LogP contribution in [0.4, 0.5) is 0 Å². The monoisotopic (exact) mass is 195 g/mol. The third kappa shape index (κ3) is 1.95. The first-order chi connectivity index (χ1) is 6.77. The number of aliphatic hydroxyl groups is 1. The van der Waals surface area contributed by atoms with E-state index in [0.29, 0.717) is 11.6 Å². The van der Waals surface area contributed by atoms with Crippen molar-refractivity contribution in [2.24, 2.45) is 11.8 Å². The van der Waals surface area contributed by atoms with Crippen molar-refractivity contribution in [1.29, 1.82) is 0 Å². The van der Waals surface area contributed by atoms with Crippen LogP contribution in [-0.2, 0) is 0 Å². The molecule has 0 radical (unpaired) electrons. The lowest BCUT2D eigenvalue weighted by Gasteiger charge is -2.29. The van der Waals surface area contributed by atoms with Gasteiger partial charge in [-0.25, -0.2) is 0 Å². The summed E-state index contributed by atoms with van der Waals surface area (Å²) >= 11 is 0. The van der Waals surface area contributed by atoms with Gasteiger partial charge in [-0.1, -0.05) is 19.8 Å². The summed E-state index contributed by atoms with van der Waals surface area (Å²) in [7, 11) is 0. The third-order valence-electron chi connectivity index (χ3n) is 3.16. The second-order valence-electron chi connectivity index (χ2n) is 4.37. The van der Waals surface area contributed by atoms with E-state index < -0.39 is 6.10 Å². The zero-order valence-corrected chi connectivity index (χ0v) is 8.48. The molecule has 1 aromatic rings. The molecule has 0 spiro atoms. The number of H-pyrrole nitrogens is 1. The minimum Gasteiger partial charge on any atom is -0.386 e. The van der Waals surface area contributed by atoms with Crippen LogP contribution in [0.3, 0.4) is 0 Å². The zero-order chi connectivity index (χ0) is 9.97. The van der Waals surface area contributed by atoms with E-state index in [-0.39, 0.29) is 0 Å². The van der Waals surface area contributed by atoms with Crippen molar-refractivity contribution in [3.63, 3.8) is 0 Å². The Morgan fingerprint density at radius 1 is 1.57 bits per heavy atom.